The van der Waals surface area contributed by atoms with Crippen molar-refractivity contribution in [3.63, 3.8) is 0 Å². The van der Waals surface area contributed by atoms with Gasteiger partial charge in [0, 0.05) is 11.6 Å². The Morgan fingerprint density at radius 1 is 1.16 bits per heavy atom. The number of esters is 1. The number of nitrogens with zero attached hydrogens (tertiary/aromatic N) is 1. The van der Waals surface area contributed by atoms with Crippen LogP contribution in [0.4, 0.5) is 4.79 Å². The number of rotatable bonds is 8. The van der Waals surface area contributed by atoms with Gasteiger partial charge in [-0.25, -0.2) is 9.59 Å². The first-order valence-electron chi connectivity index (χ1n) is 9.48. The summed E-state index contributed by atoms with van der Waals surface area (Å²) in [7, 11) is 1.23. The standard InChI is InChI=1S/C21H21BrN2O7/c1-4-29-17-10-18(30-5-2)14(22)8-12(17)9-15-19(25)24(21(27)23-15)11-13-6-7-16(31-13)20(26)28-3/h6-10H,4-5,11H2,1-3H3,(H,23,27). The molecule has 3 amide bonds. The fourth-order valence-corrected chi connectivity index (χ4v) is 3.38. The van der Waals surface area contributed by atoms with E-state index >= 15 is 0 Å². The molecule has 164 valence electrons. The molecule has 31 heavy (non-hydrogen) atoms. The minimum Gasteiger partial charge on any atom is -0.493 e. The van der Waals surface area contributed by atoms with Crippen molar-refractivity contribution in [1.82, 2.24) is 10.2 Å². The number of carbonyl (C=O) groups excluding carboxylic acids is 3. The van der Waals surface area contributed by atoms with Crippen molar-refractivity contribution in [2.24, 2.45) is 0 Å². The average Bonchev–Trinajstić information content (AvgIpc) is 3.31. The third-order valence-corrected chi connectivity index (χ3v) is 4.91. The highest BCUT2D eigenvalue weighted by atomic mass is 79.9. The lowest BCUT2D eigenvalue weighted by molar-refractivity contribution is -0.123. The maximum atomic E-state index is 12.8. The van der Waals surface area contributed by atoms with Gasteiger partial charge in [-0.3, -0.25) is 9.69 Å². The highest BCUT2D eigenvalue weighted by Gasteiger charge is 2.34. The van der Waals surface area contributed by atoms with Crippen LogP contribution in [-0.2, 0) is 16.1 Å². The minimum absolute atomic E-state index is 0.0130. The number of nitrogens with one attached hydrogen (secondary N) is 1. The molecule has 0 spiro atoms. The van der Waals surface area contributed by atoms with Crippen molar-refractivity contribution in [3.05, 3.63) is 51.5 Å². The van der Waals surface area contributed by atoms with Gasteiger partial charge in [0.15, 0.2) is 0 Å². The van der Waals surface area contributed by atoms with Gasteiger partial charge in [0.05, 0.1) is 31.3 Å². The number of urea groups is 1. The minimum atomic E-state index is -0.645. The number of amides is 3. The zero-order chi connectivity index (χ0) is 22.5. The predicted molar refractivity (Wildman–Crippen MR) is 114 cm³/mol. The van der Waals surface area contributed by atoms with Crippen LogP contribution >= 0.6 is 15.9 Å². The zero-order valence-electron chi connectivity index (χ0n) is 17.2. The molecule has 1 aliphatic heterocycles. The second kappa shape index (κ2) is 9.69. The Bertz CT molecular complexity index is 1040. The molecular formula is C21H21BrN2O7. The zero-order valence-corrected chi connectivity index (χ0v) is 18.8. The second-order valence-electron chi connectivity index (χ2n) is 6.32. The largest absolute Gasteiger partial charge is 0.493 e. The van der Waals surface area contributed by atoms with Gasteiger partial charge in [-0.1, -0.05) is 0 Å². The quantitative estimate of drug-likeness (QED) is 0.339. The molecule has 1 aromatic carbocycles. The lowest BCUT2D eigenvalue weighted by atomic mass is 10.1. The maximum Gasteiger partial charge on any atom is 0.373 e. The fourth-order valence-electron chi connectivity index (χ4n) is 2.91. The van der Waals surface area contributed by atoms with Crippen molar-refractivity contribution in [1.29, 1.82) is 0 Å². The molecule has 0 atom stereocenters. The van der Waals surface area contributed by atoms with Crippen LogP contribution in [0, 0.1) is 0 Å². The molecule has 1 saturated heterocycles. The number of carbonyl (C=O) groups is 3. The van der Waals surface area contributed by atoms with Gasteiger partial charge in [0.2, 0.25) is 5.76 Å². The van der Waals surface area contributed by atoms with Crippen molar-refractivity contribution in [2.45, 2.75) is 20.4 Å². The van der Waals surface area contributed by atoms with E-state index in [0.717, 1.165) is 4.90 Å². The molecule has 1 N–H and O–H groups in total. The van der Waals surface area contributed by atoms with Crippen LogP contribution in [0.25, 0.3) is 6.08 Å². The van der Waals surface area contributed by atoms with E-state index in [1.807, 2.05) is 13.8 Å². The summed E-state index contributed by atoms with van der Waals surface area (Å²) < 4.78 is 21.8. The molecule has 2 aromatic rings. The Morgan fingerprint density at radius 3 is 2.55 bits per heavy atom. The number of ether oxygens (including phenoxy) is 3. The average molecular weight is 493 g/mol. The summed E-state index contributed by atoms with van der Waals surface area (Å²) in [6.45, 7) is 4.48. The van der Waals surface area contributed by atoms with Crippen molar-refractivity contribution >= 4 is 39.9 Å². The van der Waals surface area contributed by atoms with Crippen molar-refractivity contribution < 1.29 is 33.0 Å². The third kappa shape index (κ3) is 4.91. The van der Waals surface area contributed by atoms with E-state index in [-0.39, 0.29) is 23.8 Å². The van der Waals surface area contributed by atoms with E-state index in [9.17, 15) is 14.4 Å². The number of imide groups is 1. The van der Waals surface area contributed by atoms with E-state index in [4.69, 9.17) is 13.9 Å². The predicted octanol–water partition coefficient (Wildman–Crippen LogP) is 3.72. The van der Waals surface area contributed by atoms with E-state index in [0.29, 0.717) is 34.7 Å². The van der Waals surface area contributed by atoms with Crippen LogP contribution in [0.2, 0.25) is 0 Å². The van der Waals surface area contributed by atoms with E-state index < -0.39 is 17.9 Å². The summed E-state index contributed by atoms with van der Waals surface area (Å²) in [6.07, 6.45) is 1.54. The van der Waals surface area contributed by atoms with Crippen LogP contribution in [-0.4, -0.2) is 43.1 Å². The Morgan fingerprint density at radius 2 is 1.87 bits per heavy atom. The van der Waals surface area contributed by atoms with E-state index in [1.54, 1.807) is 12.1 Å². The van der Waals surface area contributed by atoms with Gasteiger partial charge in [0.25, 0.3) is 5.91 Å². The Hall–Kier alpha value is -3.27. The van der Waals surface area contributed by atoms with Crippen LogP contribution in [0.3, 0.4) is 0 Å². The molecule has 2 heterocycles. The van der Waals surface area contributed by atoms with Gasteiger partial charge < -0.3 is 23.9 Å². The van der Waals surface area contributed by atoms with Gasteiger partial charge in [-0.15, -0.1) is 0 Å². The maximum absolute atomic E-state index is 12.8. The smallest absolute Gasteiger partial charge is 0.373 e. The van der Waals surface area contributed by atoms with E-state index in [1.165, 1.54) is 25.3 Å². The molecule has 10 heteroatoms. The third-order valence-electron chi connectivity index (χ3n) is 4.29. The lowest BCUT2D eigenvalue weighted by Crippen LogP contribution is -2.30. The first-order valence-corrected chi connectivity index (χ1v) is 10.3. The van der Waals surface area contributed by atoms with Gasteiger partial charge in [-0.2, -0.15) is 0 Å². The molecule has 1 aromatic heterocycles. The van der Waals surface area contributed by atoms with Crippen LogP contribution in [0.15, 0.2) is 38.9 Å². The molecule has 1 aliphatic rings. The van der Waals surface area contributed by atoms with Crippen LogP contribution in [0.1, 0.15) is 35.7 Å². The summed E-state index contributed by atoms with van der Waals surface area (Å²) in [4.78, 5) is 37.7. The Labute approximate surface area is 187 Å². The second-order valence-corrected chi connectivity index (χ2v) is 7.18. The Balaban J connectivity index is 1.85. The highest BCUT2D eigenvalue weighted by molar-refractivity contribution is 9.10. The molecule has 0 saturated carbocycles. The SMILES string of the molecule is CCOc1cc(OCC)c(C=C2NC(=O)N(Cc3ccc(C(=O)OC)o3)C2=O)cc1Br. The molecular weight excluding hydrogens is 472 g/mol. The van der Waals surface area contributed by atoms with Gasteiger partial charge >= 0.3 is 12.0 Å². The van der Waals surface area contributed by atoms with Crippen molar-refractivity contribution in [3.8, 4) is 11.5 Å². The first-order chi connectivity index (χ1) is 14.9. The number of benzene rings is 1. The summed E-state index contributed by atoms with van der Waals surface area (Å²) in [5, 5.41) is 2.55. The van der Waals surface area contributed by atoms with Gasteiger partial charge in [-0.05, 0) is 54.1 Å². The molecule has 3 rings (SSSR count). The summed E-state index contributed by atoms with van der Waals surface area (Å²) in [5.41, 5.74) is 0.676. The highest BCUT2D eigenvalue weighted by Crippen LogP contribution is 2.35. The molecule has 0 aliphatic carbocycles. The number of methoxy groups -OCH3 is 1. The van der Waals surface area contributed by atoms with Crippen LogP contribution in [0.5, 0.6) is 11.5 Å². The van der Waals surface area contributed by atoms with E-state index in [2.05, 4.69) is 26.0 Å². The number of halogens is 1. The van der Waals surface area contributed by atoms with Crippen molar-refractivity contribution in [2.75, 3.05) is 20.3 Å². The van der Waals surface area contributed by atoms with Gasteiger partial charge in [0.1, 0.15) is 23.0 Å². The lowest BCUT2D eigenvalue weighted by Gasteiger charge is -2.13. The first kappa shape index (κ1) is 22.4. The summed E-state index contributed by atoms with van der Waals surface area (Å²) >= 11 is 3.44. The normalized spacial score (nSPS) is 14.7. The molecule has 9 nitrogen and oxygen atoms in total. The van der Waals surface area contributed by atoms with Crippen LogP contribution < -0.4 is 14.8 Å². The molecule has 1 fully saturated rings. The summed E-state index contributed by atoms with van der Waals surface area (Å²) in [6, 6.07) is 5.79. The molecule has 0 bridgehead atoms. The number of furan rings is 1. The Kier molecular flexibility index (Phi) is 7.01. The fraction of sp³-hybridized carbons (Fsp3) is 0.286. The topological polar surface area (TPSA) is 107 Å². The molecule has 0 unspecified atom stereocenters. The molecule has 0 radical (unpaired) electrons. The summed E-state index contributed by atoms with van der Waals surface area (Å²) in [5.74, 6) is 0.193. The monoisotopic (exact) mass is 492 g/mol. The number of hydrogen-bond donors (Lipinski definition) is 1. The number of hydrogen-bond acceptors (Lipinski definition) is 7.